The molecule has 0 fully saturated rings. The summed E-state index contributed by atoms with van der Waals surface area (Å²) in [5, 5.41) is 0. The quantitative estimate of drug-likeness (QED) is 0.259. The highest BCUT2D eigenvalue weighted by molar-refractivity contribution is 14.1. The van der Waals surface area contributed by atoms with Crippen LogP contribution in [0.25, 0.3) is 16.0 Å². The van der Waals surface area contributed by atoms with Crippen LogP contribution in [-0.2, 0) is 18.4 Å². The van der Waals surface area contributed by atoms with E-state index in [1.807, 2.05) is 54.6 Å². The van der Waals surface area contributed by atoms with Crippen molar-refractivity contribution >= 4 is 34.2 Å². The number of rotatable bonds is 6. The van der Waals surface area contributed by atoms with E-state index < -0.39 is 5.97 Å². The van der Waals surface area contributed by atoms with Crippen LogP contribution in [0.2, 0.25) is 0 Å². The lowest BCUT2D eigenvalue weighted by atomic mass is 10.0. The molecule has 3 aromatic rings. The lowest BCUT2D eigenvalue weighted by Gasteiger charge is -2.10. The summed E-state index contributed by atoms with van der Waals surface area (Å²) in [6.07, 6.45) is 0. The van der Waals surface area contributed by atoms with Crippen LogP contribution >= 0.6 is 22.6 Å². The molecule has 3 rings (SSSR count). The number of esters is 1. The number of benzene rings is 2. The zero-order valence-electron chi connectivity index (χ0n) is 15.6. The summed E-state index contributed by atoms with van der Waals surface area (Å²) in [5.41, 5.74) is 3.29. The smallest absolute Gasteiger partial charge is 0.354 e. The van der Waals surface area contributed by atoms with Crippen LogP contribution < -0.4 is 4.74 Å². The maximum atomic E-state index is 12.5. The molecule has 0 saturated carbocycles. The van der Waals surface area contributed by atoms with Gasteiger partial charge in [-0.15, -0.1) is 0 Å². The molecule has 0 aliphatic heterocycles. The summed E-state index contributed by atoms with van der Waals surface area (Å²) in [6.45, 7) is 10.1. The molecule has 2 aromatic carbocycles. The largest absolute Gasteiger partial charge is 0.489 e. The van der Waals surface area contributed by atoms with Crippen molar-refractivity contribution in [3.05, 3.63) is 81.0 Å². The topological polar surface area (TPSA) is 44.8 Å². The molecule has 0 aliphatic rings. The van der Waals surface area contributed by atoms with E-state index in [9.17, 15) is 4.79 Å². The SMILES string of the molecule is [C-]#[N+]c1c(-c2ccc(OCc3ccccc3)cc2)c(C(=O)OCC)n(C)c1I. The predicted octanol–water partition coefficient (Wildman–Crippen LogP) is 5.60. The van der Waals surface area contributed by atoms with Gasteiger partial charge in [-0.3, -0.25) is 0 Å². The first-order valence-electron chi connectivity index (χ1n) is 8.76. The highest BCUT2D eigenvalue weighted by Crippen LogP contribution is 2.40. The van der Waals surface area contributed by atoms with Crippen molar-refractivity contribution in [2.24, 2.45) is 7.05 Å². The lowest BCUT2D eigenvalue weighted by Crippen LogP contribution is -2.11. The van der Waals surface area contributed by atoms with E-state index in [0.29, 0.717) is 27.3 Å². The Morgan fingerprint density at radius 2 is 1.82 bits per heavy atom. The second-order valence-corrected chi connectivity index (χ2v) is 7.07. The van der Waals surface area contributed by atoms with Crippen LogP contribution in [0.4, 0.5) is 5.69 Å². The maximum Gasteiger partial charge on any atom is 0.354 e. The van der Waals surface area contributed by atoms with Crippen LogP contribution in [0.1, 0.15) is 23.0 Å². The molecule has 28 heavy (non-hydrogen) atoms. The third kappa shape index (κ3) is 4.04. The highest BCUT2D eigenvalue weighted by Gasteiger charge is 2.26. The normalized spacial score (nSPS) is 10.4. The number of aromatic nitrogens is 1. The van der Waals surface area contributed by atoms with Gasteiger partial charge in [-0.05, 0) is 52.8 Å². The molecule has 5 nitrogen and oxygen atoms in total. The van der Waals surface area contributed by atoms with Crippen LogP contribution in [0.15, 0.2) is 54.6 Å². The third-order valence-electron chi connectivity index (χ3n) is 4.27. The van der Waals surface area contributed by atoms with Gasteiger partial charge in [0.05, 0.1) is 16.9 Å². The Kier molecular flexibility index (Phi) is 6.37. The number of halogens is 1. The molecule has 0 bridgehead atoms. The third-order valence-corrected chi connectivity index (χ3v) is 5.51. The Morgan fingerprint density at radius 3 is 2.43 bits per heavy atom. The lowest BCUT2D eigenvalue weighted by molar-refractivity contribution is 0.0516. The van der Waals surface area contributed by atoms with Crippen molar-refractivity contribution < 1.29 is 14.3 Å². The van der Waals surface area contributed by atoms with Crippen LogP contribution in [-0.4, -0.2) is 17.1 Å². The summed E-state index contributed by atoms with van der Waals surface area (Å²) in [6, 6.07) is 17.4. The van der Waals surface area contributed by atoms with E-state index >= 15 is 0 Å². The van der Waals surface area contributed by atoms with Crippen molar-refractivity contribution in [2.75, 3.05) is 6.61 Å². The molecule has 142 valence electrons. The predicted molar refractivity (Wildman–Crippen MR) is 117 cm³/mol. The standard InChI is InChI=1S/C22H19IN2O3/c1-4-27-22(26)20-18(19(24-2)21(23)25(20)3)16-10-12-17(13-11-16)28-14-15-8-6-5-7-9-15/h5-13H,4,14H2,1,3H3. The van der Waals surface area contributed by atoms with E-state index in [2.05, 4.69) is 27.4 Å². The van der Waals surface area contributed by atoms with Gasteiger partial charge in [0.15, 0.2) is 0 Å². The summed E-state index contributed by atoms with van der Waals surface area (Å²) >= 11 is 2.08. The van der Waals surface area contributed by atoms with Crippen molar-refractivity contribution in [3.63, 3.8) is 0 Å². The number of nitrogens with zero attached hydrogens (tertiary/aromatic N) is 2. The second kappa shape index (κ2) is 8.93. The maximum absolute atomic E-state index is 12.5. The van der Waals surface area contributed by atoms with E-state index in [1.54, 1.807) is 18.5 Å². The Balaban J connectivity index is 1.92. The zero-order chi connectivity index (χ0) is 20.1. The molecule has 0 N–H and O–H groups in total. The monoisotopic (exact) mass is 486 g/mol. The van der Waals surface area contributed by atoms with Gasteiger partial charge in [-0.1, -0.05) is 42.5 Å². The minimum Gasteiger partial charge on any atom is -0.489 e. The fourth-order valence-corrected chi connectivity index (χ4v) is 3.54. The van der Waals surface area contributed by atoms with Gasteiger partial charge < -0.3 is 14.0 Å². The molecule has 0 radical (unpaired) electrons. The zero-order valence-corrected chi connectivity index (χ0v) is 17.8. The van der Waals surface area contributed by atoms with Gasteiger partial charge in [0.25, 0.3) is 0 Å². The average molecular weight is 486 g/mol. The van der Waals surface area contributed by atoms with Gasteiger partial charge in [0.1, 0.15) is 18.1 Å². The van der Waals surface area contributed by atoms with Crippen molar-refractivity contribution in [3.8, 4) is 16.9 Å². The molecule has 0 spiro atoms. The first-order chi connectivity index (χ1) is 13.6. The number of ether oxygens (including phenoxy) is 2. The second-order valence-electron chi connectivity index (χ2n) is 6.05. The van der Waals surface area contributed by atoms with E-state index in [0.717, 1.165) is 16.9 Å². The number of carbonyl (C=O) groups excluding carboxylic acids is 1. The van der Waals surface area contributed by atoms with E-state index in [4.69, 9.17) is 16.0 Å². The van der Waals surface area contributed by atoms with Crippen LogP contribution in [0.3, 0.4) is 0 Å². The Bertz CT molecular complexity index is 1020. The average Bonchev–Trinajstić information content (AvgIpc) is 2.98. The molecule has 1 aromatic heterocycles. The molecular weight excluding hydrogens is 467 g/mol. The number of hydrogen-bond donors (Lipinski definition) is 0. The van der Waals surface area contributed by atoms with Crippen molar-refractivity contribution in [2.45, 2.75) is 13.5 Å². The fourth-order valence-electron chi connectivity index (χ4n) is 2.91. The summed E-state index contributed by atoms with van der Waals surface area (Å²) in [5.74, 6) is 0.289. The van der Waals surface area contributed by atoms with Gasteiger partial charge in [0, 0.05) is 12.6 Å². The van der Waals surface area contributed by atoms with Gasteiger partial charge in [-0.25, -0.2) is 9.64 Å². The van der Waals surface area contributed by atoms with Gasteiger partial charge in [-0.2, -0.15) is 0 Å². The van der Waals surface area contributed by atoms with Gasteiger partial charge in [0.2, 0.25) is 5.69 Å². The Labute approximate surface area is 177 Å². The van der Waals surface area contributed by atoms with Crippen molar-refractivity contribution in [1.29, 1.82) is 0 Å². The minimum atomic E-state index is -0.433. The van der Waals surface area contributed by atoms with Gasteiger partial charge >= 0.3 is 5.97 Å². The Morgan fingerprint density at radius 1 is 1.14 bits per heavy atom. The van der Waals surface area contributed by atoms with E-state index in [-0.39, 0.29) is 6.61 Å². The van der Waals surface area contributed by atoms with Crippen LogP contribution in [0.5, 0.6) is 5.75 Å². The fraction of sp³-hybridized carbons (Fsp3) is 0.182. The molecule has 6 heteroatoms. The first kappa shape index (κ1) is 20.0. The number of carbonyl (C=O) groups is 1. The minimum absolute atomic E-state index is 0.277. The van der Waals surface area contributed by atoms with Crippen molar-refractivity contribution in [1.82, 2.24) is 4.57 Å². The van der Waals surface area contributed by atoms with E-state index in [1.165, 1.54) is 0 Å². The molecule has 0 aliphatic carbocycles. The molecule has 1 heterocycles. The summed E-state index contributed by atoms with van der Waals surface area (Å²) < 4.78 is 13.4. The molecule has 0 atom stereocenters. The first-order valence-corrected chi connectivity index (χ1v) is 9.84. The summed E-state index contributed by atoms with van der Waals surface area (Å²) in [4.78, 5) is 16.1. The number of hydrogen-bond acceptors (Lipinski definition) is 3. The van der Waals surface area contributed by atoms with Crippen LogP contribution in [0, 0.1) is 10.3 Å². The molecule has 0 amide bonds. The Hall–Kier alpha value is -2.79. The molecular formula is C22H19IN2O3. The highest BCUT2D eigenvalue weighted by atomic mass is 127. The molecule has 0 unspecified atom stereocenters. The molecule has 0 saturated heterocycles. The summed E-state index contributed by atoms with van der Waals surface area (Å²) in [7, 11) is 1.77.